The molecular formula is C12H14N2. The van der Waals surface area contributed by atoms with Crippen LogP contribution in [0.1, 0.15) is 22.3 Å². The molecule has 0 amide bonds. The summed E-state index contributed by atoms with van der Waals surface area (Å²) in [5, 5.41) is 0. The summed E-state index contributed by atoms with van der Waals surface area (Å²) in [6, 6.07) is 4.38. The molecule has 0 N–H and O–H groups in total. The van der Waals surface area contributed by atoms with Crippen LogP contribution in [0, 0.1) is 20.8 Å². The van der Waals surface area contributed by atoms with E-state index in [4.69, 9.17) is 0 Å². The van der Waals surface area contributed by atoms with Crippen LogP contribution in [0.5, 0.6) is 0 Å². The van der Waals surface area contributed by atoms with Crippen molar-refractivity contribution in [3.63, 3.8) is 0 Å². The Bertz CT molecular complexity index is 405. The van der Waals surface area contributed by atoms with E-state index in [1.807, 2.05) is 6.21 Å². The van der Waals surface area contributed by atoms with E-state index in [2.05, 4.69) is 42.9 Å². The second kappa shape index (κ2) is 3.37. The van der Waals surface area contributed by atoms with Gasteiger partial charge in [0.05, 0.1) is 5.71 Å². The quantitative estimate of drug-likeness (QED) is 0.643. The van der Waals surface area contributed by atoms with Crippen molar-refractivity contribution in [2.24, 2.45) is 9.98 Å². The number of hydrogen-bond donors (Lipinski definition) is 0. The van der Waals surface area contributed by atoms with Crippen LogP contribution in [0.15, 0.2) is 22.1 Å². The average molecular weight is 186 g/mol. The Morgan fingerprint density at radius 1 is 1.07 bits per heavy atom. The van der Waals surface area contributed by atoms with Crippen LogP contribution >= 0.6 is 0 Å². The third-order valence-corrected chi connectivity index (χ3v) is 2.47. The first-order valence-electron chi connectivity index (χ1n) is 4.81. The van der Waals surface area contributed by atoms with Crippen LogP contribution in [0.25, 0.3) is 0 Å². The summed E-state index contributed by atoms with van der Waals surface area (Å²) < 4.78 is 0. The van der Waals surface area contributed by atoms with Gasteiger partial charge < -0.3 is 0 Å². The molecule has 0 saturated carbocycles. The largest absolute Gasteiger partial charge is 0.268 e. The van der Waals surface area contributed by atoms with Gasteiger partial charge in [-0.3, -0.25) is 9.98 Å². The molecule has 72 valence electrons. The van der Waals surface area contributed by atoms with Gasteiger partial charge in [0.25, 0.3) is 0 Å². The van der Waals surface area contributed by atoms with Gasteiger partial charge in [-0.2, -0.15) is 0 Å². The van der Waals surface area contributed by atoms with Gasteiger partial charge in [-0.05, 0) is 31.9 Å². The molecule has 0 radical (unpaired) electrons. The molecule has 1 aromatic carbocycles. The standard InChI is InChI=1S/C12H14N2/c1-8-4-9(2)12(10(3)5-8)11-6-13-7-14-11/h4-6H,7H2,1-3H3. The molecule has 2 nitrogen and oxygen atoms in total. The number of benzene rings is 1. The molecule has 0 bridgehead atoms. The van der Waals surface area contributed by atoms with Crippen molar-refractivity contribution in [2.45, 2.75) is 20.8 Å². The van der Waals surface area contributed by atoms with E-state index >= 15 is 0 Å². The third kappa shape index (κ3) is 1.48. The van der Waals surface area contributed by atoms with E-state index < -0.39 is 0 Å². The lowest BCUT2D eigenvalue weighted by atomic mass is 9.96. The molecule has 14 heavy (non-hydrogen) atoms. The molecule has 1 aliphatic heterocycles. The minimum absolute atomic E-state index is 0.585. The van der Waals surface area contributed by atoms with Crippen LogP contribution in [0.4, 0.5) is 0 Å². The highest BCUT2D eigenvalue weighted by Gasteiger charge is 2.10. The summed E-state index contributed by atoms with van der Waals surface area (Å²) in [4.78, 5) is 8.47. The fourth-order valence-electron chi connectivity index (χ4n) is 2.01. The summed E-state index contributed by atoms with van der Waals surface area (Å²) in [7, 11) is 0. The molecule has 2 rings (SSSR count). The molecule has 0 spiro atoms. The average Bonchev–Trinajstić information content (AvgIpc) is 2.54. The van der Waals surface area contributed by atoms with Crippen LogP contribution < -0.4 is 0 Å². The molecule has 0 atom stereocenters. The van der Waals surface area contributed by atoms with Crippen LogP contribution in [-0.2, 0) is 0 Å². The highest BCUT2D eigenvalue weighted by Crippen LogP contribution is 2.17. The van der Waals surface area contributed by atoms with Crippen LogP contribution in [-0.4, -0.2) is 18.6 Å². The van der Waals surface area contributed by atoms with Gasteiger partial charge in [0, 0.05) is 11.8 Å². The molecule has 1 aliphatic rings. The third-order valence-electron chi connectivity index (χ3n) is 2.47. The molecular weight excluding hydrogens is 172 g/mol. The van der Waals surface area contributed by atoms with E-state index in [-0.39, 0.29) is 0 Å². The monoisotopic (exact) mass is 186 g/mol. The van der Waals surface area contributed by atoms with Crippen molar-refractivity contribution in [1.29, 1.82) is 0 Å². The normalized spacial score (nSPS) is 14.6. The number of nitrogens with zero attached hydrogens (tertiary/aromatic N) is 2. The fraction of sp³-hybridized carbons (Fsp3) is 0.333. The summed E-state index contributed by atoms with van der Waals surface area (Å²) in [5.41, 5.74) is 6.15. The fourth-order valence-corrected chi connectivity index (χ4v) is 2.01. The molecule has 0 saturated heterocycles. The smallest absolute Gasteiger partial charge is 0.130 e. The van der Waals surface area contributed by atoms with Gasteiger partial charge in [-0.15, -0.1) is 0 Å². The van der Waals surface area contributed by atoms with E-state index in [1.165, 1.54) is 22.3 Å². The molecule has 1 heterocycles. The molecule has 1 aromatic rings. The number of aryl methyl sites for hydroxylation is 3. The Balaban J connectivity index is 2.57. The maximum atomic E-state index is 4.35. The Kier molecular flexibility index (Phi) is 2.20. The molecule has 0 aliphatic carbocycles. The molecule has 0 aromatic heterocycles. The maximum Gasteiger partial charge on any atom is 0.130 e. The first kappa shape index (κ1) is 9.13. The summed E-state index contributed by atoms with van der Waals surface area (Å²) in [6.07, 6.45) is 1.87. The predicted octanol–water partition coefficient (Wildman–Crippen LogP) is 2.44. The minimum Gasteiger partial charge on any atom is -0.268 e. The topological polar surface area (TPSA) is 24.7 Å². The second-order valence-corrected chi connectivity index (χ2v) is 3.77. The highest BCUT2D eigenvalue weighted by atomic mass is 15.0. The Morgan fingerprint density at radius 3 is 2.21 bits per heavy atom. The second-order valence-electron chi connectivity index (χ2n) is 3.77. The van der Waals surface area contributed by atoms with E-state index in [0.717, 1.165) is 5.71 Å². The van der Waals surface area contributed by atoms with Gasteiger partial charge in [0.2, 0.25) is 0 Å². The van der Waals surface area contributed by atoms with Gasteiger partial charge >= 0.3 is 0 Å². The first-order valence-corrected chi connectivity index (χ1v) is 4.81. The van der Waals surface area contributed by atoms with Crippen molar-refractivity contribution in [3.8, 4) is 0 Å². The van der Waals surface area contributed by atoms with Gasteiger partial charge in [0.1, 0.15) is 6.67 Å². The van der Waals surface area contributed by atoms with Gasteiger partial charge in [-0.25, -0.2) is 0 Å². The highest BCUT2D eigenvalue weighted by molar-refractivity contribution is 6.39. The van der Waals surface area contributed by atoms with E-state index in [0.29, 0.717) is 6.67 Å². The van der Waals surface area contributed by atoms with E-state index in [1.54, 1.807) is 0 Å². The Morgan fingerprint density at radius 2 is 1.71 bits per heavy atom. The summed E-state index contributed by atoms with van der Waals surface area (Å²) >= 11 is 0. The van der Waals surface area contributed by atoms with Crippen LogP contribution in [0.2, 0.25) is 0 Å². The molecule has 2 heteroatoms. The van der Waals surface area contributed by atoms with Crippen molar-refractivity contribution in [3.05, 3.63) is 34.4 Å². The maximum absolute atomic E-state index is 4.35. The van der Waals surface area contributed by atoms with Crippen molar-refractivity contribution in [1.82, 2.24) is 0 Å². The predicted molar refractivity (Wildman–Crippen MR) is 60.5 cm³/mol. The van der Waals surface area contributed by atoms with Crippen molar-refractivity contribution >= 4 is 11.9 Å². The lowest BCUT2D eigenvalue weighted by Crippen LogP contribution is -2.05. The Labute approximate surface area is 84.4 Å². The number of aliphatic imine (C=N–C) groups is 2. The van der Waals surface area contributed by atoms with E-state index in [9.17, 15) is 0 Å². The molecule has 0 unspecified atom stereocenters. The Hall–Kier alpha value is -1.44. The van der Waals surface area contributed by atoms with Crippen LogP contribution in [0.3, 0.4) is 0 Å². The summed E-state index contributed by atoms with van der Waals surface area (Å²) in [5.74, 6) is 0. The number of hydrogen-bond acceptors (Lipinski definition) is 2. The molecule has 0 fully saturated rings. The first-order chi connectivity index (χ1) is 6.68. The summed E-state index contributed by atoms with van der Waals surface area (Å²) in [6.45, 7) is 6.96. The zero-order valence-electron chi connectivity index (χ0n) is 8.83. The lowest BCUT2D eigenvalue weighted by Gasteiger charge is -2.09. The van der Waals surface area contributed by atoms with Crippen molar-refractivity contribution < 1.29 is 0 Å². The SMILES string of the molecule is Cc1cc(C)c(C2=NCN=C2)c(C)c1. The minimum atomic E-state index is 0.585. The zero-order valence-corrected chi connectivity index (χ0v) is 8.83. The lowest BCUT2D eigenvalue weighted by molar-refractivity contribution is 1.10. The zero-order chi connectivity index (χ0) is 10.1. The van der Waals surface area contributed by atoms with Crippen molar-refractivity contribution in [2.75, 3.05) is 6.67 Å². The number of rotatable bonds is 1. The van der Waals surface area contributed by atoms with Gasteiger partial charge in [-0.1, -0.05) is 17.7 Å². The van der Waals surface area contributed by atoms with Gasteiger partial charge in [0.15, 0.2) is 0 Å².